The van der Waals surface area contributed by atoms with Gasteiger partial charge in [-0.3, -0.25) is 10.8 Å². The standard InChI is InChI=1S/C52H64F2N2O2S4/c1-9-12-18-30(4)21-23-36-38-27-33(7)59-51(38)37(24-22-31(5)19-13-10-2)39-29-42(62-52(36)39)50-32(6)26-40(61-50)44-46(53)47(54)45(49(56)48(44)55)41-28-35(34(8)60-41)20-16-14-15-17-25-58-43(57)11-3/h11,26-31,55-56H,3,9-10,12-25H2,1-2,4-8H3. The Morgan fingerprint density at radius 1 is 0.694 bits per heavy atom. The number of halogens is 2. The van der Waals surface area contributed by atoms with Crippen LogP contribution in [0.5, 0.6) is 0 Å². The van der Waals surface area contributed by atoms with Gasteiger partial charge in [0.05, 0.1) is 29.2 Å². The van der Waals surface area contributed by atoms with Crippen molar-refractivity contribution in [2.45, 2.75) is 145 Å². The number of unbranched alkanes of at least 4 members (excludes halogenated alkanes) is 5. The van der Waals surface area contributed by atoms with Crippen LogP contribution in [-0.4, -0.2) is 24.0 Å². The van der Waals surface area contributed by atoms with E-state index >= 15 is 8.78 Å². The number of carbonyl (C=O) groups is 1. The van der Waals surface area contributed by atoms with Gasteiger partial charge in [-0.05, 0) is 135 Å². The number of aryl methyl sites for hydroxylation is 6. The summed E-state index contributed by atoms with van der Waals surface area (Å²) in [6, 6.07) is 8.52. The second-order valence-electron chi connectivity index (χ2n) is 17.5. The van der Waals surface area contributed by atoms with Gasteiger partial charge in [-0.15, -0.1) is 45.3 Å². The van der Waals surface area contributed by atoms with Gasteiger partial charge in [0.1, 0.15) is 0 Å². The Labute approximate surface area is 384 Å². The molecule has 5 aromatic rings. The summed E-state index contributed by atoms with van der Waals surface area (Å²) >= 11 is 6.51. The number of nitrogens with one attached hydrogen (secondary N) is 2. The monoisotopic (exact) mass is 914 g/mol. The van der Waals surface area contributed by atoms with E-state index in [9.17, 15) is 4.79 Å². The van der Waals surface area contributed by atoms with E-state index in [1.165, 1.54) is 97.4 Å². The Bertz CT molecular complexity index is 2440. The first-order valence-electron chi connectivity index (χ1n) is 22.7. The molecule has 0 spiro atoms. The van der Waals surface area contributed by atoms with E-state index < -0.39 is 17.6 Å². The molecule has 0 saturated heterocycles. The molecular formula is C52H64F2N2O2S4. The van der Waals surface area contributed by atoms with E-state index in [0.29, 0.717) is 28.2 Å². The summed E-state index contributed by atoms with van der Waals surface area (Å²) in [4.78, 5) is 16.7. The number of allylic oxidation sites excluding steroid dienone is 4. The number of thiophene rings is 4. The molecule has 2 N–H and O–H groups in total. The SMILES string of the molecule is C=CC(=O)OCCCCCCc1cc(C2=C(F)C(F)=C(c3cc(C)c(-c4cc5c(CCC(C)CCCC)c6sc(C)cc6c(CCC(C)CCCC)c5s4)s3)C(=N)C2=N)sc1C. The van der Waals surface area contributed by atoms with Gasteiger partial charge >= 0.3 is 5.97 Å². The molecule has 1 aliphatic rings. The molecule has 0 radical (unpaired) electrons. The normalized spacial score (nSPS) is 14.5. The molecule has 0 saturated carbocycles. The minimum atomic E-state index is -1.07. The first-order chi connectivity index (χ1) is 29.8. The highest BCUT2D eigenvalue weighted by Gasteiger charge is 2.35. The minimum Gasteiger partial charge on any atom is -0.463 e. The van der Waals surface area contributed by atoms with Crippen molar-refractivity contribution in [3.05, 3.63) is 90.3 Å². The van der Waals surface area contributed by atoms with Crippen molar-refractivity contribution in [1.29, 1.82) is 10.8 Å². The second kappa shape index (κ2) is 21.9. The number of esters is 1. The molecule has 1 aliphatic carbocycles. The van der Waals surface area contributed by atoms with E-state index in [-0.39, 0.29) is 22.6 Å². The molecule has 2 unspecified atom stereocenters. The van der Waals surface area contributed by atoms with Gasteiger partial charge in [-0.2, -0.15) is 0 Å². The van der Waals surface area contributed by atoms with Gasteiger partial charge in [-0.1, -0.05) is 85.6 Å². The Balaban J connectivity index is 1.32. The third-order valence-electron chi connectivity index (χ3n) is 12.4. The highest BCUT2D eigenvalue weighted by atomic mass is 32.1. The van der Waals surface area contributed by atoms with Crippen molar-refractivity contribution in [3.8, 4) is 9.75 Å². The number of fused-ring (bicyclic) bond motifs is 2. The number of benzene rings is 1. The van der Waals surface area contributed by atoms with Crippen LogP contribution in [0.1, 0.15) is 147 Å². The lowest BCUT2D eigenvalue weighted by Crippen LogP contribution is -2.21. The maximum absolute atomic E-state index is 16.4. The molecule has 0 bridgehead atoms. The fraction of sp³-hybridized carbons (Fsp3) is 0.481. The molecule has 4 aromatic heterocycles. The first-order valence-corrected chi connectivity index (χ1v) is 26.0. The smallest absolute Gasteiger partial charge is 0.330 e. The van der Waals surface area contributed by atoms with Crippen LogP contribution in [0.2, 0.25) is 0 Å². The summed E-state index contributed by atoms with van der Waals surface area (Å²) in [5.74, 6) is -1.24. The summed E-state index contributed by atoms with van der Waals surface area (Å²) in [5.41, 5.74) is 4.04. The molecule has 4 nitrogen and oxygen atoms in total. The summed E-state index contributed by atoms with van der Waals surface area (Å²) in [6.07, 6.45) is 17.2. The highest BCUT2D eigenvalue weighted by Crippen LogP contribution is 2.49. The molecule has 10 heteroatoms. The third-order valence-corrected chi connectivity index (χ3v) is 17.3. The van der Waals surface area contributed by atoms with Crippen LogP contribution >= 0.6 is 45.3 Å². The quantitative estimate of drug-likeness (QED) is 0.0296. The summed E-state index contributed by atoms with van der Waals surface area (Å²) < 4.78 is 40.6. The van der Waals surface area contributed by atoms with Gasteiger partial charge in [0.15, 0.2) is 11.7 Å². The Kier molecular flexibility index (Phi) is 16.9. The van der Waals surface area contributed by atoms with Crippen LogP contribution in [0.4, 0.5) is 8.78 Å². The van der Waals surface area contributed by atoms with Crippen molar-refractivity contribution in [2.24, 2.45) is 11.8 Å². The lowest BCUT2D eigenvalue weighted by Gasteiger charge is -2.18. The van der Waals surface area contributed by atoms with Gasteiger partial charge < -0.3 is 4.74 Å². The Morgan fingerprint density at radius 3 is 1.85 bits per heavy atom. The zero-order chi connectivity index (χ0) is 44.7. The fourth-order valence-corrected chi connectivity index (χ4v) is 13.6. The topological polar surface area (TPSA) is 74.0 Å². The van der Waals surface area contributed by atoms with E-state index in [2.05, 4.69) is 53.3 Å². The molecule has 0 aliphatic heterocycles. The van der Waals surface area contributed by atoms with Crippen molar-refractivity contribution in [3.63, 3.8) is 0 Å². The van der Waals surface area contributed by atoms with Gasteiger partial charge in [0, 0.05) is 44.7 Å². The van der Waals surface area contributed by atoms with Gasteiger partial charge in [-0.25, -0.2) is 13.6 Å². The molecule has 332 valence electrons. The van der Waals surface area contributed by atoms with Crippen LogP contribution < -0.4 is 0 Å². The number of hydrogen-bond donors (Lipinski definition) is 2. The lowest BCUT2D eigenvalue weighted by molar-refractivity contribution is -0.137. The van der Waals surface area contributed by atoms with Crippen molar-refractivity contribution >= 4 is 94.1 Å². The number of hydrogen-bond acceptors (Lipinski definition) is 8. The predicted octanol–water partition coefficient (Wildman–Crippen LogP) is 17.3. The molecule has 2 atom stereocenters. The maximum atomic E-state index is 16.4. The van der Waals surface area contributed by atoms with E-state index in [4.69, 9.17) is 15.6 Å². The predicted molar refractivity (Wildman–Crippen MR) is 268 cm³/mol. The average molecular weight is 915 g/mol. The Morgan fingerprint density at radius 2 is 1.26 bits per heavy atom. The molecule has 1 aromatic carbocycles. The van der Waals surface area contributed by atoms with Crippen molar-refractivity contribution in [2.75, 3.05) is 6.61 Å². The van der Waals surface area contributed by atoms with Crippen LogP contribution in [0.3, 0.4) is 0 Å². The maximum Gasteiger partial charge on any atom is 0.330 e. The molecule has 62 heavy (non-hydrogen) atoms. The number of ether oxygens (including phenoxy) is 1. The van der Waals surface area contributed by atoms with E-state index in [1.807, 2.05) is 48.7 Å². The third kappa shape index (κ3) is 10.8. The molecule has 0 amide bonds. The second-order valence-corrected chi connectivity index (χ2v) is 22.1. The largest absolute Gasteiger partial charge is 0.463 e. The number of rotatable bonds is 23. The minimum absolute atomic E-state index is 0.136. The zero-order valence-electron chi connectivity index (χ0n) is 37.8. The number of carbonyl (C=O) groups excluding carboxylic acids is 1. The summed E-state index contributed by atoms with van der Waals surface area (Å²) in [7, 11) is 0. The molecular weight excluding hydrogens is 851 g/mol. The summed E-state index contributed by atoms with van der Waals surface area (Å²) in [6.45, 7) is 19.3. The highest BCUT2D eigenvalue weighted by molar-refractivity contribution is 7.27. The van der Waals surface area contributed by atoms with E-state index in [1.54, 1.807) is 0 Å². The van der Waals surface area contributed by atoms with Gasteiger partial charge in [0.25, 0.3) is 0 Å². The van der Waals surface area contributed by atoms with Crippen LogP contribution in [0.15, 0.2) is 48.6 Å². The molecule has 0 fully saturated rings. The zero-order valence-corrected chi connectivity index (χ0v) is 41.0. The lowest BCUT2D eigenvalue weighted by atomic mass is 9.90. The molecule has 6 rings (SSSR count). The van der Waals surface area contributed by atoms with Crippen molar-refractivity contribution < 1.29 is 18.3 Å². The van der Waals surface area contributed by atoms with Crippen LogP contribution in [0.25, 0.3) is 41.1 Å². The fourth-order valence-electron chi connectivity index (χ4n) is 8.73. The van der Waals surface area contributed by atoms with Crippen molar-refractivity contribution in [1.82, 2.24) is 0 Å². The Hall–Kier alpha value is -3.57. The van der Waals surface area contributed by atoms with Crippen LogP contribution in [-0.2, 0) is 28.8 Å². The van der Waals surface area contributed by atoms with Crippen LogP contribution in [0, 0.1) is 43.4 Å². The first kappa shape index (κ1) is 47.9. The van der Waals surface area contributed by atoms with E-state index in [0.717, 1.165) is 89.6 Å². The molecule has 4 heterocycles. The summed E-state index contributed by atoms with van der Waals surface area (Å²) in [5, 5.41) is 20.9. The van der Waals surface area contributed by atoms with Gasteiger partial charge in [0.2, 0.25) is 0 Å². The average Bonchev–Trinajstić information content (AvgIpc) is 4.04.